The maximum atomic E-state index is 9.46. The first kappa shape index (κ1) is 25.3. The molecule has 3 aromatic heterocycles. The van der Waals surface area contributed by atoms with Crippen molar-refractivity contribution in [3.05, 3.63) is 154 Å². The quantitative estimate of drug-likeness (QED) is 0.149. The first-order valence-corrected chi connectivity index (χ1v) is 19.2. The first-order chi connectivity index (χ1) is 34.3. The van der Waals surface area contributed by atoms with E-state index in [0.29, 0.717) is 51.4 Å². The average Bonchev–Trinajstić information content (AvgIpc) is 3.69. The topological polar surface area (TPSA) is 48.2 Å². The smallest absolute Gasteiger partial charge is 0.501 e. The van der Waals surface area contributed by atoms with Crippen LogP contribution in [0.3, 0.4) is 0 Å². The summed E-state index contributed by atoms with van der Waals surface area (Å²) < 4.78 is 148. The normalized spacial score (nSPS) is 19.7. The number of furan rings is 1. The number of aryl methyl sites for hydroxylation is 5. The molecule has 298 valence electrons. The van der Waals surface area contributed by atoms with Gasteiger partial charge in [0.1, 0.15) is 5.58 Å². The van der Waals surface area contributed by atoms with Gasteiger partial charge in [-0.3, -0.25) is 0 Å². The molecule has 0 radical (unpaired) electrons. The van der Waals surface area contributed by atoms with Crippen LogP contribution in [0.25, 0.3) is 66.7 Å². The molecule has 0 saturated heterocycles. The van der Waals surface area contributed by atoms with Crippen molar-refractivity contribution in [1.29, 1.82) is 0 Å². The number of hydrogen-bond donors (Lipinski definition) is 0. The van der Waals surface area contributed by atoms with Gasteiger partial charge in [-0.15, -0.1) is 11.6 Å². The molecule has 0 amide bonds. The van der Waals surface area contributed by atoms with Gasteiger partial charge in [-0.2, -0.15) is 0 Å². The van der Waals surface area contributed by atoms with Crippen LogP contribution in [0.1, 0.15) is 106 Å². The number of nitrogens with zero attached hydrogens (tertiary/aromatic N) is 2. The monoisotopic (exact) mass is 969 g/mol. The van der Waals surface area contributed by atoms with E-state index in [1.54, 1.807) is 73.8 Å². The Hall–Kier alpha value is -5.31. The Morgan fingerprint density at radius 1 is 0.729 bits per heavy atom. The summed E-state index contributed by atoms with van der Waals surface area (Å²) >= 11 is 0. The molecular formula is C54H50N2O2Pt. The summed E-state index contributed by atoms with van der Waals surface area (Å²) in [7, 11) is 0. The van der Waals surface area contributed by atoms with Crippen LogP contribution in [-0.4, -0.2) is 9.97 Å². The molecular weight excluding hydrogens is 904 g/mol. The Morgan fingerprint density at radius 2 is 1.53 bits per heavy atom. The molecule has 5 heteroatoms. The van der Waals surface area contributed by atoms with E-state index in [0.717, 1.165) is 25.1 Å². The SMILES string of the molecule is [2H]C([2H])([2H])c1ccc2c(c1)oc1c(-c3cc(-c4ccc(C5([2H])CCC(C)(C)CC5)cc4C([2H])([2H])[2H])c(C)cn3)[c-]c(Oc3[c-]c(-c4cc(C([2H])([2H])[2H])c(C([2H])([2H])[2H])cn4)cc(-c4ccccc4)c3C([2H])([2H])[2H])cc12.[Pt+2]. The average molecular weight is 970 g/mol. The fourth-order valence-corrected chi connectivity index (χ4v) is 7.83. The van der Waals surface area contributed by atoms with Gasteiger partial charge in [0.2, 0.25) is 0 Å². The summed E-state index contributed by atoms with van der Waals surface area (Å²) in [5.41, 5.74) is 2.56. The van der Waals surface area contributed by atoms with Gasteiger partial charge in [0.05, 0.1) is 5.58 Å². The maximum absolute atomic E-state index is 9.46. The molecule has 0 bridgehead atoms. The van der Waals surface area contributed by atoms with Gasteiger partial charge < -0.3 is 19.1 Å². The second-order valence-corrected chi connectivity index (χ2v) is 15.9. The predicted octanol–water partition coefficient (Wildman–Crippen LogP) is 15.0. The van der Waals surface area contributed by atoms with Crippen molar-refractivity contribution in [2.75, 3.05) is 0 Å². The molecule has 0 spiro atoms. The van der Waals surface area contributed by atoms with Crippen molar-refractivity contribution in [3.63, 3.8) is 0 Å². The third kappa shape index (κ3) is 7.93. The zero-order valence-electron chi connectivity index (χ0n) is 48.7. The van der Waals surface area contributed by atoms with Crippen LogP contribution < -0.4 is 4.74 Å². The molecule has 9 rings (SSSR count). The number of pyridine rings is 2. The van der Waals surface area contributed by atoms with Crippen molar-refractivity contribution in [2.45, 2.75) is 86.6 Å². The molecule has 1 aliphatic carbocycles. The molecule has 1 fully saturated rings. The summed E-state index contributed by atoms with van der Waals surface area (Å²) in [6.07, 6.45) is 5.36. The largest absolute Gasteiger partial charge is 2.00 e. The van der Waals surface area contributed by atoms with Crippen molar-refractivity contribution in [1.82, 2.24) is 9.97 Å². The molecule has 59 heavy (non-hydrogen) atoms. The van der Waals surface area contributed by atoms with Gasteiger partial charge in [0.25, 0.3) is 0 Å². The number of rotatable bonds is 7. The van der Waals surface area contributed by atoms with Gasteiger partial charge >= 0.3 is 21.1 Å². The van der Waals surface area contributed by atoms with Crippen LogP contribution in [0.4, 0.5) is 0 Å². The zero-order chi connectivity index (χ0) is 53.7. The third-order valence-corrected chi connectivity index (χ3v) is 11.3. The second kappa shape index (κ2) is 16.0. The van der Waals surface area contributed by atoms with Gasteiger partial charge in [-0.1, -0.05) is 139 Å². The van der Waals surface area contributed by atoms with Gasteiger partial charge in [0.15, 0.2) is 0 Å². The minimum Gasteiger partial charge on any atom is -0.501 e. The van der Waals surface area contributed by atoms with Gasteiger partial charge in [-0.25, -0.2) is 0 Å². The molecule has 8 aromatic rings. The zero-order valence-corrected chi connectivity index (χ0v) is 34.9. The van der Waals surface area contributed by atoms with E-state index in [1.165, 1.54) is 18.2 Å². The van der Waals surface area contributed by atoms with Crippen LogP contribution in [-0.2, 0) is 21.1 Å². The van der Waals surface area contributed by atoms with E-state index in [4.69, 9.17) is 34.7 Å². The Balaban J connectivity index is 0.00000747. The Kier molecular flexibility index (Phi) is 6.89. The second-order valence-electron chi connectivity index (χ2n) is 15.9. The standard InChI is InChI=1S/C54H50N2O2.Pt/c1-32-14-16-44-47-27-42(57-51-26-41(49-24-33(2)35(4)30-55-49)25-46(37(51)6)39-12-10-9-11-13-39)28-48(53(47)58-52(44)22-32)50-29-45(36(5)31-56-50)43-17-15-40(23-34(43)3)38-18-20-54(7,8)21-19-38;/h9-17,22-25,27,29-31,38H,18-21H2,1-8H3;/q-2;+2/i1D3,2D3,3D3,4D3,6D3,38D;. The van der Waals surface area contributed by atoms with Gasteiger partial charge in [-0.05, 0) is 133 Å². The Bertz CT molecular complexity index is 3470. The Labute approximate surface area is 385 Å². The Morgan fingerprint density at radius 3 is 2.31 bits per heavy atom. The molecule has 3 heterocycles. The number of hydrogen-bond acceptors (Lipinski definition) is 4. The van der Waals surface area contributed by atoms with E-state index in [9.17, 15) is 1.37 Å². The fraction of sp³-hybridized carbons (Fsp3) is 0.259. The predicted molar refractivity (Wildman–Crippen MR) is 239 cm³/mol. The molecule has 0 unspecified atom stereocenters. The first-order valence-electron chi connectivity index (χ1n) is 27.2. The van der Waals surface area contributed by atoms with Crippen molar-refractivity contribution >= 4 is 21.9 Å². The molecule has 0 atom stereocenters. The number of benzene rings is 5. The van der Waals surface area contributed by atoms with Crippen LogP contribution in [0.15, 0.2) is 108 Å². The maximum Gasteiger partial charge on any atom is 2.00 e. The van der Waals surface area contributed by atoms with Crippen LogP contribution in [0, 0.1) is 58.7 Å². The van der Waals surface area contributed by atoms with E-state index >= 15 is 0 Å². The molecule has 5 aromatic carbocycles. The van der Waals surface area contributed by atoms with Gasteiger partial charge in [0, 0.05) is 51.2 Å². The molecule has 4 nitrogen and oxygen atoms in total. The minimum absolute atomic E-state index is 0. The molecule has 0 N–H and O–H groups in total. The summed E-state index contributed by atoms with van der Waals surface area (Å²) in [4.78, 5) is 9.14. The number of ether oxygens (including phenoxy) is 1. The third-order valence-electron chi connectivity index (χ3n) is 11.3. The fourth-order valence-electron chi connectivity index (χ4n) is 7.83. The molecule has 1 saturated carbocycles. The number of fused-ring (bicyclic) bond motifs is 3. The van der Waals surface area contributed by atoms with E-state index < -0.39 is 51.3 Å². The van der Waals surface area contributed by atoms with E-state index in [2.05, 4.69) is 31.0 Å². The van der Waals surface area contributed by atoms with Crippen LogP contribution >= 0.6 is 0 Å². The minimum atomic E-state index is -2.88. The van der Waals surface area contributed by atoms with Crippen molar-refractivity contribution in [3.8, 4) is 56.3 Å². The summed E-state index contributed by atoms with van der Waals surface area (Å²) in [6, 6.07) is 30.3. The van der Waals surface area contributed by atoms with Crippen molar-refractivity contribution in [2.24, 2.45) is 5.41 Å². The van der Waals surface area contributed by atoms with Crippen LogP contribution in [0.2, 0.25) is 0 Å². The van der Waals surface area contributed by atoms with Crippen LogP contribution in [0.5, 0.6) is 11.5 Å². The molecule has 0 aliphatic heterocycles. The van der Waals surface area contributed by atoms with E-state index in [1.807, 2.05) is 6.07 Å². The number of aromatic nitrogens is 2. The summed E-state index contributed by atoms with van der Waals surface area (Å²) in [5, 5.41) is 0.860. The summed E-state index contributed by atoms with van der Waals surface area (Å²) in [5.74, 6) is -1.37. The summed E-state index contributed by atoms with van der Waals surface area (Å²) in [6.45, 7) is -7.47. The van der Waals surface area contributed by atoms with Crippen molar-refractivity contribution < 1.29 is 52.2 Å². The van der Waals surface area contributed by atoms with E-state index in [-0.39, 0.29) is 93.9 Å². The molecule has 1 aliphatic rings.